The number of imide groups is 1. The molecule has 4 rings (SSSR count). The fourth-order valence-electron chi connectivity index (χ4n) is 3.33. The van der Waals surface area contributed by atoms with Gasteiger partial charge in [0.2, 0.25) is 0 Å². The van der Waals surface area contributed by atoms with Gasteiger partial charge in [0.05, 0.1) is 10.6 Å². The number of carboxylic acid groups (broad SMARTS) is 1. The number of nitrogens with zero attached hydrogens (tertiary/aromatic N) is 1. The molecule has 0 saturated heterocycles. The lowest BCUT2D eigenvalue weighted by Gasteiger charge is -2.31. The largest absolute Gasteiger partial charge is 0.480 e. The molecule has 1 heterocycles. The molecular weight excluding hydrogens is 382 g/mol. The molecule has 0 aliphatic carbocycles. The summed E-state index contributed by atoms with van der Waals surface area (Å²) in [5.74, 6) is -3.10. The Morgan fingerprint density at radius 2 is 1.39 bits per heavy atom. The van der Waals surface area contributed by atoms with Gasteiger partial charge >= 0.3 is 5.97 Å². The first-order valence-corrected chi connectivity index (χ1v) is 9.99. The summed E-state index contributed by atoms with van der Waals surface area (Å²) in [6.07, 6.45) is 0. The van der Waals surface area contributed by atoms with Gasteiger partial charge in [-0.25, -0.2) is 4.90 Å². The van der Waals surface area contributed by atoms with Gasteiger partial charge < -0.3 is 5.11 Å². The summed E-state index contributed by atoms with van der Waals surface area (Å²) in [6.45, 7) is 0. The van der Waals surface area contributed by atoms with E-state index < -0.39 is 34.1 Å². The van der Waals surface area contributed by atoms with Gasteiger partial charge in [-0.1, -0.05) is 24.3 Å². The highest BCUT2D eigenvalue weighted by molar-refractivity contribution is 8.24. The molecular formula is C20H15NO6S. The van der Waals surface area contributed by atoms with E-state index in [-0.39, 0.29) is 10.6 Å². The molecule has 1 aliphatic heterocycles. The molecule has 0 spiro atoms. The first kappa shape index (κ1) is 18.2. The third kappa shape index (κ3) is 2.84. The molecule has 0 unspecified atom stereocenters. The second-order valence-electron chi connectivity index (χ2n) is 6.35. The van der Waals surface area contributed by atoms with Crippen LogP contribution < -0.4 is 4.90 Å². The predicted octanol–water partition coefficient (Wildman–Crippen LogP) is 3.83. The standard InChI is InChI=1S/C20H15NO6S/c22-17(23)11-28(26,27)14-9-7-13(8-10-14)21-19(24)15-5-1-3-12-4-2-6-16(18(12)15)20(21)25/h1-10,26-27H,11H2,(H,22,23). The lowest BCUT2D eigenvalue weighted by atomic mass is 9.94. The van der Waals surface area contributed by atoms with E-state index in [4.69, 9.17) is 5.11 Å². The zero-order valence-corrected chi connectivity index (χ0v) is 15.2. The quantitative estimate of drug-likeness (QED) is 0.576. The van der Waals surface area contributed by atoms with Crippen LogP contribution in [0.2, 0.25) is 0 Å². The van der Waals surface area contributed by atoms with Gasteiger partial charge in [-0.15, -0.1) is 0 Å². The second kappa shape index (κ2) is 6.45. The van der Waals surface area contributed by atoms with Crippen molar-refractivity contribution in [2.24, 2.45) is 0 Å². The summed E-state index contributed by atoms with van der Waals surface area (Å²) < 4.78 is 20.0. The zero-order valence-electron chi connectivity index (χ0n) is 14.4. The molecule has 142 valence electrons. The third-order valence-corrected chi connectivity index (χ3v) is 6.25. The van der Waals surface area contributed by atoms with Crippen LogP contribution in [0.15, 0.2) is 65.6 Å². The first-order chi connectivity index (χ1) is 13.3. The molecule has 2 amide bonds. The van der Waals surface area contributed by atoms with E-state index in [0.717, 1.165) is 10.3 Å². The Kier molecular flexibility index (Phi) is 4.19. The van der Waals surface area contributed by atoms with Gasteiger partial charge in [-0.2, -0.15) is 10.6 Å². The van der Waals surface area contributed by atoms with Gasteiger partial charge in [-0.3, -0.25) is 23.5 Å². The van der Waals surface area contributed by atoms with Crippen LogP contribution >= 0.6 is 10.6 Å². The van der Waals surface area contributed by atoms with Crippen molar-refractivity contribution in [3.05, 3.63) is 71.8 Å². The van der Waals surface area contributed by atoms with Crippen molar-refractivity contribution >= 4 is 44.8 Å². The van der Waals surface area contributed by atoms with Gasteiger partial charge in [0.15, 0.2) is 0 Å². The third-order valence-electron chi connectivity index (χ3n) is 4.57. The fourth-order valence-corrected chi connectivity index (χ4v) is 4.42. The van der Waals surface area contributed by atoms with Crippen molar-refractivity contribution in [1.82, 2.24) is 0 Å². The average Bonchev–Trinajstić information content (AvgIpc) is 2.65. The van der Waals surface area contributed by atoms with Crippen LogP contribution in [-0.2, 0) is 4.79 Å². The van der Waals surface area contributed by atoms with Crippen molar-refractivity contribution in [2.75, 3.05) is 10.7 Å². The van der Waals surface area contributed by atoms with Crippen LogP contribution in [0.3, 0.4) is 0 Å². The van der Waals surface area contributed by atoms with Gasteiger partial charge in [0, 0.05) is 16.5 Å². The van der Waals surface area contributed by atoms with Crippen molar-refractivity contribution in [3.63, 3.8) is 0 Å². The number of carbonyl (C=O) groups is 3. The summed E-state index contributed by atoms with van der Waals surface area (Å²) in [4.78, 5) is 37.8. The Hall–Kier alpha value is -3.20. The summed E-state index contributed by atoms with van der Waals surface area (Å²) >= 11 is 0. The summed E-state index contributed by atoms with van der Waals surface area (Å²) in [5, 5.41) is 10.2. The molecule has 0 saturated carbocycles. The minimum atomic E-state index is -3.50. The highest BCUT2D eigenvalue weighted by Gasteiger charge is 2.34. The molecule has 3 N–H and O–H groups in total. The maximum atomic E-state index is 13.0. The van der Waals surface area contributed by atoms with E-state index in [2.05, 4.69) is 0 Å². The molecule has 7 nitrogen and oxygen atoms in total. The normalized spacial score (nSPS) is 14.4. The van der Waals surface area contributed by atoms with E-state index in [0.29, 0.717) is 16.5 Å². The molecule has 0 atom stereocenters. The minimum absolute atomic E-state index is 0.0260. The number of anilines is 1. The van der Waals surface area contributed by atoms with E-state index in [1.807, 2.05) is 12.1 Å². The number of amides is 2. The van der Waals surface area contributed by atoms with E-state index >= 15 is 0 Å². The van der Waals surface area contributed by atoms with Crippen LogP contribution in [0.1, 0.15) is 20.7 Å². The summed E-state index contributed by atoms with van der Waals surface area (Å²) in [7, 11) is -3.50. The first-order valence-electron chi connectivity index (χ1n) is 8.28. The summed E-state index contributed by atoms with van der Waals surface area (Å²) in [6, 6.07) is 15.9. The second-order valence-corrected chi connectivity index (χ2v) is 8.45. The van der Waals surface area contributed by atoms with Crippen molar-refractivity contribution in [3.8, 4) is 0 Å². The maximum Gasteiger partial charge on any atom is 0.323 e. The molecule has 1 aliphatic rings. The number of hydrogen-bond acceptors (Lipinski definition) is 5. The SMILES string of the molecule is O=C(O)CS(O)(O)c1ccc(N2C(=O)c3cccc4cccc(c34)C2=O)cc1. The number of hydrogen-bond donors (Lipinski definition) is 3. The lowest BCUT2D eigenvalue weighted by Crippen LogP contribution is -2.40. The molecule has 28 heavy (non-hydrogen) atoms. The maximum absolute atomic E-state index is 13.0. The number of benzene rings is 3. The van der Waals surface area contributed by atoms with Crippen molar-refractivity contribution in [2.45, 2.75) is 4.90 Å². The number of carboxylic acids is 1. The fraction of sp³-hybridized carbons (Fsp3) is 0.0500. The van der Waals surface area contributed by atoms with Gasteiger partial charge in [-0.05, 0) is 41.8 Å². The van der Waals surface area contributed by atoms with Crippen LogP contribution in [-0.4, -0.2) is 37.7 Å². The van der Waals surface area contributed by atoms with E-state index in [9.17, 15) is 23.5 Å². The number of rotatable bonds is 4. The Morgan fingerprint density at radius 3 is 1.89 bits per heavy atom. The van der Waals surface area contributed by atoms with Crippen LogP contribution in [0.25, 0.3) is 10.8 Å². The Balaban J connectivity index is 1.76. The van der Waals surface area contributed by atoms with Gasteiger partial charge in [0.1, 0.15) is 5.75 Å². The molecule has 0 bridgehead atoms. The average molecular weight is 397 g/mol. The van der Waals surface area contributed by atoms with Crippen LogP contribution in [0.5, 0.6) is 0 Å². The monoisotopic (exact) mass is 397 g/mol. The van der Waals surface area contributed by atoms with Crippen molar-refractivity contribution in [1.29, 1.82) is 0 Å². The smallest absolute Gasteiger partial charge is 0.323 e. The molecule has 0 fully saturated rings. The summed E-state index contributed by atoms with van der Waals surface area (Å²) in [5.41, 5.74) is 1.08. The predicted molar refractivity (Wildman–Crippen MR) is 105 cm³/mol. The minimum Gasteiger partial charge on any atom is -0.480 e. The molecule has 0 radical (unpaired) electrons. The highest BCUT2D eigenvalue weighted by atomic mass is 32.3. The highest BCUT2D eigenvalue weighted by Crippen LogP contribution is 2.48. The lowest BCUT2D eigenvalue weighted by molar-refractivity contribution is -0.134. The topological polar surface area (TPSA) is 115 Å². The Morgan fingerprint density at radius 1 is 0.857 bits per heavy atom. The van der Waals surface area contributed by atoms with Crippen LogP contribution in [0.4, 0.5) is 5.69 Å². The molecule has 3 aromatic carbocycles. The molecule has 8 heteroatoms. The number of carbonyl (C=O) groups excluding carboxylic acids is 2. The van der Waals surface area contributed by atoms with E-state index in [1.54, 1.807) is 24.3 Å². The van der Waals surface area contributed by atoms with Gasteiger partial charge in [0.25, 0.3) is 11.8 Å². The molecule has 3 aromatic rings. The zero-order chi connectivity index (χ0) is 20.1. The Labute approximate surface area is 161 Å². The number of aliphatic carboxylic acids is 1. The Bertz CT molecular complexity index is 1090. The van der Waals surface area contributed by atoms with Crippen molar-refractivity contribution < 1.29 is 28.6 Å². The van der Waals surface area contributed by atoms with Crippen LogP contribution in [0, 0.1) is 0 Å². The van der Waals surface area contributed by atoms with E-state index in [1.165, 1.54) is 24.3 Å². The molecule has 0 aromatic heterocycles.